The number of amides is 1. The van der Waals surface area contributed by atoms with Crippen molar-refractivity contribution in [3.63, 3.8) is 0 Å². The molecule has 0 saturated carbocycles. The Labute approximate surface area is 122 Å². The number of hydrogen-bond acceptors (Lipinski definition) is 5. The third kappa shape index (κ3) is 4.62. The van der Waals surface area contributed by atoms with E-state index < -0.39 is 17.2 Å². The van der Waals surface area contributed by atoms with Crippen LogP contribution < -0.4 is 26.8 Å². The summed E-state index contributed by atoms with van der Waals surface area (Å²) < 4.78 is 2.96. The normalized spacial score (nSPS) is 9.52. The standard InChI is InChI=1S/C12H11N5O3S/c18-10-6-9(14-12(20)15-10)11(19)16-13-7-21-17-8-4-2-1-3-5-8/h1-6,13,17H,(H,16,19)(H2,14,15,18,20). The molecule has 2 rings (SSSR count). The lowest BCUT2D eigenvalue weighted by molar-refractivity contribution is 0.0937. The van der Waals surface area contributed by atoms with Crippen molar-refractivity contribution >= 4 is 23.0 Å². The summed E-state index contributed by atoms with van der Waals surface area (Å²) in [6, 6.07) is 10.4. The van der Waals surface area contributed by atoms with Crippen molar-refractivity contribution in [3.05, 3.63) is 62.9 Å². The molecule has 0 aliphatic carbocycles. The lowest BCUT2D eigenvalue weighted by Gasteiger charge is -2.00. The Bertz CT molecular complexity index is 775. The van der Waals surface area contributed by atoms with Gasteiger partial charge in [0.05, 0.1) is 0 Å². The smallest absolute Gasteiger partial charge is 0.304 e. The third-order valence-electron chi connectivity index (χ3n) is 2.23. The molecular weight excluding hydrogens is 294 g/mol. The van der Waals surface area contributed by atoms with Gasteiger partial charge in [0.15, 0.2) is 0 Å². The summed E-state index contributed by atoms with van der Waals surface area (Å²) in [6.07, 6.45) is 0. The second kappa shape index (κ2) is 7.06. The largest absolute Gasteiger partial charge is 0.326 e. The number of aromatic amines is 2. The van der Waals surface area contributed by atoms with Gasteiger partial charge in [-0.3, -0.25) is 20.0 Å². The Kier molecular flexibility index (Phi) is 4.89. The van der Waals surface area contributed by atoms with E-state index >= 15 is 0 Å². The molecule has 0 radical (unpaired) electrons. The predicted octanol–water partition coefficient (Wildman–Crippen LogP) is -0.0254. The highest BCUT2D eigenvalue weighted by atomic mass is 32.1. The van der Waals surface area contributed by atoms with Gasteiger partial charge in [0.25, 0.3) is 11.5 Å². The van der Waals surface area contributed by atoms with E-state index in [0.717, 1.165) is 23.1 Å². The molecule has 1 amide bonds. The van der Waals surface area contributed by atoms with Gasteiger partial charge >= 0.3 is 5.69 Å². The average Bonchev–Trinajstić information content (AvgIpc) is 2.47. The lowest BCUT2D eigenvalue weighted by Crippen LogP contribution is -2.37. The summed E-state index contributed by atoms with van der Waals surface area (Å²) in [5, 5.41) is 2.61. The maximum absolute atomic E-state index is 11.6. The predicted molar refractivity (Wildman–Crippen MR) is 79.8 cm³/mol. The number of hydrogen-bond donors (Lipinski definition) is 5. The van der Waals surface area contributed by atoms with Crippen LogP contribution in [0.25, 0.3) is 0 Å². The van der Waals surface area contributed by atoms with Gasteiger partial charge in [-0.1, -0.05) is 18.2 Å². The van der Waals surface area contributed by atoms with Crippen LogP contribution in [0.15, 0.2) is 46.0 Å². The molecule has 0 atom stereocenters. The molecule has 1 heterocycles. The van der Waals surface area contributed by atoms with E-state index in [1.807, 2.05) is 35.3 Å². The van der Waals surface area contributed by atoms with E-state index in [1.165, 1.54) is 0 Å². The summed E-state index contributed by atoms with van der Waals surface area (Å²) in [6.45, 7) is 0. The van der Waals surface area contributed by atoms with E-state index in [0.29, 0.717) is 0 Å². The first kappa shape index (κ1) is 14.5. The quantitative estimate of drug-likeness (QED) is 0.310. The number of hydrazine groups is 1. The second-order valence-corrected chi connectivity index (χ2v) is 4.37. The zero-order valence-corrected chi connectivity index (χ0v) is 11.4. The number of para-hydroxylation sites is 1. The maximum Gasteiger partial charge on any atom is 0.326 e. The van der Waals surface area contributed by atoms with Crippen LogP contribution in [0.1, 0.15) is 10.5 Å². The van der Waals surface area contributed by atoms with Crippen molar-refractivity contribution in [3.8, 4) is 5.31 Å². The minimum Gasteiger partial charge on any atom is -0.304 e. The van der Waals surface area contributed by atoms with Crippen LogP contribution in [0, 0.1) is 5.31 Å². The van der Waals surface area contributed by atoms with Crippen LogP contribution in [0.4, 0.5) is 5.69 Å². The Morgan fingerprint density at radius 2 is 1.90 bits per heavy atom. The summed E-state index contributed by atoms with van der Waals surface area (Å²) in [4.78, 5) is 37.8. The zero-order valence-electron chi connectivity index (χ0n) is 10.6. The molecule has 0 saturated heterocycles. The van der Waals surface area contributed by atoms with Crippen molar-refractivity contribution < 1.29 is 4.79 Å². The number of carbonyl (C=O) groups excluding carboxylic acids is 1. The summed E-state index contributed by atoms with van der Waals surface area (Å²) in [5.41, 5.74) is 3.98. The highest BCUT2D eigenvalue weighted by molar-refractivity contribution is 7.90. The van der Waals surface area contributed by atoms with Crippen LogP contribution in [0.5, 0.6) is 0 Å². The SMILES string of the molecule is O=C(NNC#SNc1ccccc1)c1cc(=O)[nH]c(=O)[nH]1. The van der Waals surface area contributed by atoms with Crippen molar-refractivity contribution in [2.75, 3.05) is 4.72 Å². The van der Waals surface area contributed by atoms with Crippen molar-refractivity contribution in [2.24, 2.45) is 0 Å². The fourth-order valence-electron chi connectivity index (χ4n) is 1.36. The molecule has 0 spiro atoms. The van der Waals surface area contributed by atoms with Crippen molar-refractivity contribution in [1.29, 1.82) is 0 Å². The summed E-state index contributed by atoms with van der Waals surface area (Å²) in [7, 11) is 0. The molecule has 0 aliphatic rings. The Balaban J connectivity index is 1.88. The molecule has 0 unspecified atom stereocenters. The number of anilines is 1. The Morgan fingerprint density at radius 1 is 1.14 bits per heavy atom. The fourth-order valence-corrected chi connectivity index (χ4v) is 1.76. The highest BCUT2D eigenvalue weighted by Gasteiger charge is 2.06. The Morgan fingerprint density at radius 3 is 2.62 bits per heavy atom. The van der Waals surface area contributed by atoms with Crippen LogP contribution in [-0.4, -0.2) is 15.9 Å². The number of aromatic nitrogens is 2. The maximum atomic E-state index is 11.6. The van der Waals surface area contributed by atoms with Gasteiger partial charge in [-0.25, -0.2) is 4.79 Å². The van der Waals surface area contributed by atoms with Gasteiger partial charge < -0.3 is 9.71 Å². The van der Waals surface area contributed by atoms with E-state index in [2.05, 4.69) is 25.9 Å². The molecule has 5 N–H and O–H groups in total. The van der Waals surface area contributed by atoms with Gasteiger partial charge in [-0.05, 0) is 23.5 Å². The molecular formula is C12H11N5O3S. The zero-order chi connectivity index (χ0) is 15.1. The number of benzene rings is 1. The van der Waals surface area contributed by atoms with Crippen LogP contribution in [0.2, 0.25) is 0 Å². The van der Waals surface area contributed by atoms with Crippen LogP contribution >= 0.6 is 11.4 Å². The first-order valence-electron chi connectivity index (χ1n) is 5.76. The van der Waals surface area contributed by atoms with Crippen LogP contribution in [0.3, 0.4) is 0 Å². The number of H-pyrrole nitrogens is 2. The molecule has 0 aliphatic heterocycles. The van der Waals surface area contributed by atoms with Gasteiger partial charge in [-0.15, -0.1) is 0 Å². The van der Waals surface area contributed by atoms with Gasteiger partial charge in [-0.2, -0.15) is 5.43 Å². The highest BCUT2D eigenvalue weighted by Crippen LogP contribution is 2.05. The van der Waals surface area contributed by atoms with E-state index in [4.69, 9.17) is 0 Å². The second-order valence-electron chi connectivity index (χ2n) is 3.75. The molecule has 21 heavy (non-hydrogen) atoms. The molecule has 1 aromatic heterocycles. The van der Waals surface area contributed by atoms with E-state index in [1.54, 1.807) is 0 Å². The minimum absolute atomic E-state index is 0.154. The monoisotopic (exact) mass is 305 g/mol. The summed E-state index contributed by atoms with van der Waals surface area (Å²) >= 11 is 1.08. The topological polar surface area (TPSA) is 119 Å². The third-order valence-corrected chi connectivity index (χ3v) is 2.77. The first-order chi connectivity index (χ1) is 10.1. The van der Waals surface area contributed by atoms with Crippen molar-refractivity contribution in [1.82, 2.24) is 20.8 Å². The molecule has 0 bridgehead atoms. The fraction of sp³-hybridized carbons (Fsp3) is 0. The number of nitrogens with one attached hydrogen (secondary N) is 5. The number of carbonyl (C=O) groups is 1. The van der Waals surface area contributed by atoms with Gasteiger partial charge in [0.1, 0.15) is 5.69 Å². The van der Waals surface area contributed by atoms with Crippen LogP contribution in [-0.2, 0) is 0 Å². The molecule has 1 aromatic carbocycles. The minimum atomic E-state index is -0.749. The lowest BCUT2D eigenvalue weighted by atomic mass is 10.3. The molecule has 0 fully saturated rings. The summed E-state index contributed by atoms with van der Waals surface area (Å²) in [5.74, 6) is -0.661. The first-order valence-corrected chi connectivity index (χ1v) is 6.58. The molecule has 8 nitrogen and oxygen atoms in total. The van der Waals surface area contributed by atoms with E-state index in [9.17, 15) is 14.4 Å². The van der Waals surface area contributed by atoms with E-state index in [-0.39, 0.29) is 5.69 Å². The van der Waals surface area contributed by atoms with Gasteiger partial charge in [0, 0.05) is 17.1 Å². The molecule has 2 aromatic rings. The molecule has 9 heteroatoms. The van der Waals surface area contributed by atoms with Gasteiger partial charge in [0.2, 0.25) is 0 Å². The number of rotatable bonds is 3. The van der Waals surface area contributed by atoms with Crippen molar-refractivity contribution in [2.45, 2.75) is 0 Å². The Hall–Kier alpha value is -2.87. The molecule has 108 valence electrons. The average molecular weight is 305 g/mol.